The topological polar surface area (TPSA) is 76.2 Å². The van der Waals surface area contributed by atoms with Gasteiger partial charge in [0.25, 0.3) is 0 Å². The third-order valence-corrected chi connectivity index (χ3v) is 28.7. The molecule has 0 fully saturated rings. The summed E-state index contributed by atoms with van der Waals surface area (Å²) in [6, 6.07) is 161. The van der Waals surface area contributed by atoms with Crippen molar-refractivity contribution in [2.24, 2.45) is 0 Å². The molecule has 0 unspecified atom stereocenters. The Labute approximate surface area is 769 Å². The van der Waals surface area contributed by atoms with Crippen LogP contribution in [0.1, 0.15) is 25.0 Å². The third kappa shape index (κ3) is 11.1. The Morgan fingerprint density at radius 3 is 1.04 bits per heavy atom. The van der Waals surface area contributed by atoms with E-state index < -0.39 is 0 Å². The lowest BCUT2D eigenvalue weighted by Gasteiger charge is -2.21. The highest BCUT2D eigenvalue weighted by Gasteiger charge is 2.38. The molecule has 9 heteroatoms. The fourth-order valence-corrected chi connectivity index (χ4v) is 22.9. The smallest absolute Gasteiger partial charge is 0.161 e. The Bertz CT molecular complexity index is 9800. The van der Waals surface area contributed by atoms with E-state index in [1.807, 2.05) is 0 Å². The largest absolute Gasteiger partial charge is 0.309 e. The van der Waals surface area contributed by atoms with E-state index >= 15 is 0 Å². The maximum Gasteiger partial charge on any atom is 0.161 e. The molecule has 7 heterocycles. The molecule has 0 saturated heterocycles. The number of aromatic nitrogens is 9. The highest BCUT2D eigenvalue weighted by Crippen LogP contribution is 2.54. The molecule has 0 bridgehead atoms. The van der Waals surface area contributed by atoms with Crippen molar-refractivity contribution in [3.8, 4) is 84.9 Å². The normalized spacial score (nSPS) is 12.6. The highest BCUT2D eigenvalue weighted by molar-refractivity contribution is 6.22. The van der Waals surface area contributed by atoms with Crippen LogP contribution in [0.2, 0.25) is 0 Å². The summed E-state index contributed by atoms with van der Waals surface area (Å²) in [4.78, 5) is 21.8. The number of rotatable bonds is 9. The second-order valence-corrected chi connectivity index (χ2v) is 36.1. The van der Waals surface area contributed by atoms with Gasteiger partial charge in [0, 0.05) is 120 Å². The van der Waals surface area contributed by atoms with Crippen molar-refractivity contribution in [3.05, 3.63) is 454 Å². The van der Waals surface area contributed by atoms with Crippen LogP contribution in [0, 0.1) is 0 Å². The minimum absolute atomic E-state index is 0.126. The standard InChI is InChI=1S/C64H39N5.C61H40N4/c1-2-19-41(20-3-1)67-57-33-15-10-27-49(57)62-50(28-17-35-60(62)67)64-65-53-29-11-6-26-48(53)63(66-64)47-36-37-59(43-22-5-4-21-42(43)47)69-56-32-14-9-25-46(56)52-38-40-18-16-34-58(51(40)39-61(52)69)68-54-30-12-7-23-44(54)45-24-8-13-31-55(45)68;1-61(2)49-27-8-3-21-44(49)58-46(26-15-28-50(58)61)60-62-51-29-9-4-22-45(51)59(63-60)43-25-14-24-39-38(43)23-16-34-55(39)65-54-32-12-7-20-42(54)48-35-37-17-13-33-56(47(37)36-57(48)65)64-52-30-10-5-18-40(52)41-19-6-11-31-53(41)64/h1-39H;3-36H,1-2H3. The first-order valence-electron chi connectivity index (χ1n) is 46.1. The highest BCUT2D eigenvalue weighted by atomic mass is 15.0. The van der Waals surface area contributed by atoms with Gasteiger partial charge in [-0.3, -0.25) is 0 Å². The Morgan fingerprint density at radius 1 is 0.187 bits per heavy atom. The van der Waals surface area contributed by atoms with Gasteiger partial charge in [0.05, 0.1) is 100 Å². The van der Waals surface area contributed by atoms with Gasteiger partial charge in [0.1, 0.15) is 0 Å². The minimum Gasteiger partial charge on any atom is -0.309 e. The molecule has 1 aliphatic carbocycles. The molecule has 0 amide bonds. The second kappa shape index (κ2) is 29.2. The molecule has 134 heavy (non-hydrogen) atoms. The average Bonchev–Trinajstić information content (AvgIpc) is 1.50. The van der Waals surface area contributed by atoms with E-state index in [9.17, 15) is 0 Å². The number of nitrogens with zero attached hydrogens (tertiary/aromatic N) is 9. The molecule has 0 atom stereocenters. The van der Waals surface area contributed by atoms with Crippen molar-refractivity contribution in [2.45, 2.75) is 19.3 Å². The second-order valence-electron chi connectivity index (χ2n) is 36.1. The number of benzene rings is 21. The van der Waals surface area contributed by atoms with Gasteiger partial charge in [-0.2, -0.15) is 0 Å². The lowest BCUT2D eigenvalue weighted by atomic mass is 9.82. The average molecular weight is 1710 g/mol. The minimum atomic E-state index is -0.126. The summed E-state index contributed by atoms with van der Waals surface area (Å²) >= 11 is 0. The van der Waals surface area contributed by atoms with Crippen LogP contribution in [-0.4, -0.2) is 42.8 Å². The molecule has 28 aromatic rings. The van der Waals surface area contributed by atoms with Crippen LogP contribution in [0.3, 0.4) is 0 Å². The molecule has 0 N–H and O–H groups in total. The first-order valence-corrected chi connectivity index (χ1v) is 46.1. The lowest BCUT2D eigenvalue weighted by Crippen LogP contribution is -2.14. The van der Waals surface area contributed by atoms with Crippen molar-refractivity contribution >= 4 is 174 Å². The monoisotopic (exact) mass is 1710 g/mol. The molecule has 9 nitrogen and oxygen atoms in total. The molecule has 21 aromatic carbocycles. The fraction of sp³-hybridized carbons (Fsp3) is 0.0240. The summed E-state index contributed by atoms with van der Waals surface area (Å²) < 4.78 is 12.2. The van der Waals surface area contributed by atoms with Gasteiger partial charge in [-0.05, 0) is 165 Å². The Hall–Kier alpha value is -17.7. The Kier molecular flexibility index (Phi) is 16.4. The summed E-state index contributed by atoms with van der Waals surface area (Å²) in [6.45, 7) is 4.65. The molecule has 7 aromatic heterocycles. The van der Waals surface area contributed by atoms with Gasteiger partial charge in [0.2, 0.25) is 0 Å². The molecule has 624 valence electrons. The summed E-state index contributed by atoms with van der Waals surface area (Å²) in [6.07, 6.45) is 0. The predicted molar refractivity (Wildman–Crippen MR) is 560 cm³/mol. The van der Waals surface area contributed by atoms with Crippen LogP contribution >= 0.6 is 0 Å². The van der Waals surface area contributed by atoms with Gasteiger partial charge in [0.15, 0.2) is 11.6 Å². The van der Waals surface area contributed by atoms with Crippen molar-refractivity contribution in [1.29, 1.82) is 0 Å². The molecule has 0 spiro atoms. The first kappa shape index (κ1) is 75.3. The molecular weight excluding hydrogens is 1630 g/mol. The number of hydrogen-bond acceptors (Lipinski definition) is 4. The summed E-state index contributed by atoms with van der Waals surface area (Å²) in [5.74, 6) is 1.44. The number of para-hydroxylation sites is 10. The van der Waals surface area contributed by atoms with E-state index in [0.29, 0.717) is 5.82 Å². The zero-order chi connectivity index (χ0) is 88.1. The van der Waals surface area contributed by atoms with Crippen LogP contribution in [-0.2, 0) is 5.41 Å². The van der Waals surface area contributed by atoms with Gasteiger partial charge in [-0.25, -0.2) is 19.9 Å². The van der Waals surface area contributed by atoms with Crippen LogP contribution in [0.5, 0.6) is 0 Å². The Morgan fingerprint density at radius 2 is 0.515 bits per heavy atom. The third-order valence-electron chi connectivity index (χ3n) is 28.7. The van der Waals surface area contributed by atoms with Crippen LogP contribution in [0.15, 0.2) is 443 Å². The predicted octanol–water partition coefficient (Wildman–Crippen LogP) is 32.3. The summed E-state index contributed by atoms with van der Waals surface area (Å²) in [7, 11) is 0. The lowest BCUT2D eigenvalue weighted by molar-refractivity contribution is 0.660. The molecule has 29 rings (SSSR count). The summed E-state index contributed by atoms with van der Waals surface area (Å²) in [5.41, 5.74) is 30.3. The molecule has 0 aliphatic heterocycles. The first-order chi connectivity index (χ1) is 66.3. The molecule has 1 aliphatic rings. The van der Waals surface area contributed by atoms with Crippen molar-refractivity contribution in [3.63, 3.8) is 0 Å². The quantitative estimate of drug-likeness (QED) is 0.144. The van der Waals surface area contributed by atoms with Gasteiger partial charge >= 0.3 is 0 Å². The van der Waals surface area contributed by atoms with Gasteiger partial charge < -0.3 is 22.8 Å². The zero-order valence-electron chi connectivity index (χ0n) is 73.2. The van der Waals surface area contributed by atoms with Crippen molar-refractivity contribution in [2.75, 3.05) is 0 Å². The maximum atomic E-state index is 5.60. The van der Waals surface area contributed by atoms with Crippen LogP contribution < -0.4 is 0 Å². The van der Waals surface area contributed by atoms with E-state index in [1.54, 1.807) is 0 Å². The summed E-state index contributed by atoms with van der Waals surface area (Å²) in [5, 5.41) is 23.7. The van der Waals surface area contributed by atoms with E-state index in [1.165, 1.54) is 131 Å². The van der Waals surface area contributed by atoms with E-state index in [-0.39, 0.29) is 5.41 Å². The maximum absolute atomic E-state index is 5.60. The fourth-order valence-electron chi connectivity index (χ4n) is 22.9. The zero-order valence-corrected chi connectivity index (χ0v) is 73.2. The molecular formula is C125H79N9. The van der Waals surface area contributed by atoms with Gasteiger partial charge in [-0.1, -0.05) is 335 Å². The molecule has 0 saturated carbocycles. The SMILES string of the molecule is CC1(C)c2ccccc2-c2c(-c3nc(-c4cccc5c(-n6c7ccccc7c7cc8cccc(-n9c%10ccccc%10c%10ccccc%109)c8cc76)cccc45)c4ccccc4n3)cccc21.c1ccc(-n2c3ccccc3c3c(-c4nc(-c5ccc(-n6c7ccccc7c7cc8cccc(-n9c%10ccccc%10c%10ccccc%109)c8cc76)c6ccccc56)c5ccccc5n4)cccc32)cc1. The Balaban J connectivity index is 0.000000134. The van der Waals surface area contributed by atoms with Crippen molar-refractivity contribution in [1.82, 2.24) is 42.8 Å². The molecule has 0 radical (unpaired) electrons. The van der Waals surface area contributed by atoms with E-state index in [4.69, 9.17) is 19.9 Å². The number of hydrogen-bond donors (Lipinski definition) is 0. The number of fused-ring (bicyclic) bond motifs is 24. The van der Waals surface area contributed by atoms with Gasteiger partial charge in [-0.15, -0.1) is 0 Å². The van der Waals surface area contributed by atoms with Crippen LogP contribution in [0.25, 0.3) is 259 Å². The van der Waals surface area contributed by atoms with Crippen molar-refractivity contribution < 1.29 is 0 Å². The van der Waals surface area contributed by atoms with E-state index in [0.717, 1.165) is 133 Å². The van der Waals surface area contributed by atoms with E-state index in [2.05, 4.69) is 480 Å². The van der Waals surface area contributed by atoms with Crippen LogP contribution in [0.4, 0.5) is 0 Å².